The summed E-state index contributed by atoms with van der Waals surface area (Å²) in [6.07, 6.45) is 0.869. The Morgan fingerprint density at radius 1 is 1.28 bits per heavy atom. The Morgan fingerprint density at radius 3 is 2.48 bits per heavy atom. The number of guanidine groups is 1. The molecule has 0 radical (unpaired) electrons. The van der Waals surface area contributed by atoms with E-state index in [1.165, 1.54) is 11.5 Å². The summed E-state index contributed by atoms with van der Waals surface area (Å²) in [5, 5.41) is 4.27. The third-order valence-corrected chi connectivity index (χ3v) is 4.64. The number of hydrogen-bond donors (Lipinski definition) is 1. The molecule has 8 nitrogen and oxygen atoms in total. The second-order valence-electron chi connectivity index (χ2n) is 5.78. The molecular weight excluding hydrogens is 453 g/mol. The van der Waals surface area contributed by atoms with Crippen molar-refractivity contribution in [1.82, 2.24) is 24.5 Å². The van der Waals surface area contributed by atoms with Crippen molar-refractivity contribution in [3.05, 3.63) is 5.82 Å². The highest BCUT2D eigenvalue weighted by atomic mass is 127. The molecule has 0 aliphatic carbocycles. The summed E-state index contributed by atoms with van der Waals surface area (Å²) in [5.74, 6) is 1.72. The van der Waals surface area contributed by atoms with E-state index in [9.17, 15) is 4.79 Å². The average Bonchev–Trinajstić information content (AvgIpc) is 3.07. The maximum absolute atomic E-state index is 11.8. The van der Waals surface area contributed by atoms with Gasteiger partial charge < -0.3 is 20.0 Å². The molecule has 1 N–H and O–H groups in total. The molecule has 1 aromatic heterocycles. The van der Waals surface area contributed by atoms with Gasteiger partial charge in [0.15, 0.2) is 5.96 Å². The number of aliphatic imine (C=N–C) groups is 1. The topological polar surface area (TPSA) is 77.0 Å². The average molecular weight is 481 g/mol. The van der Waals surface area contributed by atoms with E-state index < -0.39 is 0 Å². The fraction of sp³-hybridized carbons (Fsp3) is 0.733. The van der Waals surface area contributed by atoms with Crippen LogP contribution >= 0.6 is 35.5 Å². The van der Waals surface area contributed by atoms with Gasteiger partial charge in [-0.05, 0) is 6.92 Å². The number of anilines is 1. The second-order valence-corrected chi connectivity index (χ2v) is 6.51. The first-order valence-corrected chi connectivity index (χ1v) is 9.13. The number of aryl methyl sites for hydroxylation is 1. The van der Waals surface area contributed by atoms with E-state index in [0.29, 0.717) is 0 Å². The van der Waals surface area contributed by atoms with Crippen LogP contribution in [0.5, 0.6) is 0 Å². The molecule has 25 heavy (non-hydrogen) atoms. The SMILES string of the molecule is CCNC(=NCC(=O)N(C)C)N1CCN(c2nc(CC)ns2)CC1.I. The number of likely N-dealkylation sites (N-methyl/N-ethyl adjacent to an activating group) is 1. The number of aromatic nitrogens is 2. The molecule has 2 rings (SSSR count). The minimum absolute atomic E-state index is 0. The summed E-state index contributed by atoms with van der Waals surface area (Å²) in [6.45, 7) is 8.52. The first kappa shape index (κ1) is 21.9. The lowest BCUT2D eigenvalue weighted by atomic mass is 10.3. The predicted octanol–water partition coefficient (Wildman–Crippen LogP) is 0.894. The maximum atomic E-state index is 11.8. The van der Waals surface area contributed by atoms with E-state index in [2.05, 4.69) is 36.4 Å². The summed E-state index contributed by atoms with van der Waals surface area (Å²) < 4.78 is 4.36. The van der Waals surface area contributed by atoms with Crippen LogP contribution < -0.4 is 10.2 Å². The van der Waals surface area contributed by atoms with Gasteiger partial charge in [-0.2, -0.15) is 4.37 Å². The number of nitrogens with one attached hydrogen (secondary N) is 1. The van der Waals surface area contributed by atoms with Gasteiger partial charge in [-0.3, -0.25) is 4.79 Å². The lowest BCUT2D eigenvalue weighted by Crippen LogP contribution is -2.52. The summed E-state index contributed by atoms with van der Waals surface area (Å²) >= 11 is 1.47. The van der Waals surface area contributed by atoms with Crippen molar-refractivity contribution in [2.45, 2.75) is 20.3 Å². The molecule has 2 heterocycles. The standard InChI is InChI=1S/C15H27N7OS.HI/c1-5-12-18-15(24-19-12)22-9-7-21(8-10-22)14(16-6-2)17-11-13(23)20(3)4;/h5-11H2,1-4H3,(H,16,17);1H. The first-order valence-electron chi connectivity index (χ1n) is 8.36. The summed E-state index contributed by atoms with van der Waals surface area (Å²) in [4.78, 5) is 26.8. The van der Waals surface area contributed by atoms with Crippen molar-refractivity contribution in [3.8, 4) is 0 Å². The van der Waals surface area contributed by atoms with Crippen LogP contribution in [-0.4, -0.2) is 84.4 Å². The molecule has 1 saturated heterocycles. The monoisotopic (exact) mass is 481 g/mol. The number of carbonyl (C=O) groups excluding carboxylic acids is 1. The molecule has 1 aliphatic rings. The fourth-order valence-corrected chi connectivity index (χ4v) is 3.14. The van der Waals surface area contributed by atoms with E-state index in [-0.39, 0.29) is 36.4 Å². The second kappa shape index (κ2) is 10.7. The molecule has 142 valence electrons. The van der Waals surface area contributed by atoms with Crippen LogP contribution in [0.4, 0.5) is 5.13 Å². The summed E-state index contributed by atoms with van der Waals surface area (Å²) in [5.41, 5.74) is 0. The molecule has 0 unspecified atom stereocenters. The van der Waals surface area contributed by atoms with Gasteiger partial charge in [-0.1, -0.05) is 6.92 Å². The quantitative estimate of drug-likeness (QED) is 0.383. The van der Waals surface area contributed by atoms with Crippen LogP contribution in [0.2, 0.25) is 0 Å². The van der Waals surface area contributed by atoms with Crippen molar-refractivity contribution in [2.75, 3.05) is 58.3 Å². The Morgan fingerprint density at radius 2 is 1.96 bits per heavy atom. The molecule has 0 saturated carbocycles. The van der Waals surface area contributed by atoms with Crippen LogP contribution in [0, 0.1) is 0 Å². The van der Waals surface area contributed by atoms with E-state index >= 15 is 0 Å². The molecule has 10 heteroatoms. The number of piperazine rings is 1. The normalized spacial score (nSPS) is 15.0. The van der Waals surface area contributed by atoms with Gasteiger partial charge in [-0.25, -0.2) is 9.98 Å². The molecular formula is C15H28IN7OS. The number of amides is 1. The smallest absolute Gasteiger partial charge is 0.243 e. The molecule has 1 aromatic rings. The lowest BCUT2D eigenvalue weighted by Gasteiger charge is -2.36. The van der Waals surface area contributed by atoms with Crippen LogP contribution in [0.25, 0.3) is 0 Å². The molecule has 1 aliphatic heterocycles. The predicted molar refractivity (Wildman–Crippen MR) is 113 cm³/mol. The minimum atomic E-state index is 0. The number of rotatable bonds is 5. The maximum Gasteiger partial charge on any atom is 0.243 e. The van der Waals surface area contributed by atoms with Crippen molar-refractivity contribution in [3.63, 3.8) is 0 Å². The van der Waals surface area contributed by atoms with Crippen molar-refractivity contribution in [2.24, 2.45) is 4.99 Å². The van der Waals surface area contributed by atoms with Crippen molar-refractivity contribution in [1.29, 1.82) is 0 Å². The highest BCUT2D eigenvalue weighted by Crippen LogP contribution is 2.19. The number of nitrogens with zero attached hydrogens (tertiary/aromatic N) is 6. The van der Waals surface area contributed by atoms with Crippen molar-refractivity contribution >= 4 is 52.5 Å². The van der Waals surface area contributed by atoms with Crippen LogP contribution in [0.3, 0.4) is 0 Å². The zero-order valence-electron chi connectivity index (χ0n) is 15.4. The molecule has 0 atom stereocenters. The number of carbonyl (C=O) groups is 1. The molecule has 1 fully saturated rings. The first-order chi connectivity index (χ1) is 11.5. The summed E-state index contributed by atoms with van der Waals surface area (Å²) in [7, 11) is 3.49. The molecule has 0 aromatic carbocycles. The lowest BCUT2D eigenvalue weighted by molar-refractivity contribution is -0.127. The van der Waals surface area contributed by atoms with Gasteiger partial charge >= 0.3 is 0 Å². The Balaban J connectivity index is 0.00000312. The van der Waals surface area contributed by atoms with E-state index in [0.717, 1.165) is 56.1 Å². The van der Waals surface area contributed by atoms with E-state index in [1.807, 2.05) is 6.92 Å². The third-order valence-electron chi connectivity index (χ3n) is 3.82. The van der Waals surface area contributed by atoms with Gasteiger partial charge in [0.05, 0.1) is 0 Å². The van der Waals surface area contributed by atoms with E-state index in [4.69, 9.17) is 0 Å². The zero-order valence-corrected chi connectivity index (χ0v) is 18.5. The van der Waals surface area contributed by atoms with Gasteiger partial charge in [0.25, 0.3) is 0 Å². The van der Waals surface area contributed by atoms with Gasteiger partial charge in [0.1, 0.15) is 12.4 Å². The molecule has 0 spiro atoms. The number of hydrogen-bond acceptors (Lipinski definition) is 6. The third kappa shape index (κ3) is 6.24. The number of halogens is 1. The zero-order chi connectivity index (χ0) is 17.5. The van der Waals surface area contributed by atoms with Crippen LogP contribution in [0.15, 0.2) is 4.99 Å². The Hall–Kier alpha value is -1.17. The van der Waals surface area contributed by atoms with Gasteiger partial charge in [0.2, 0.25) is 11.0 Å². The molecule has 0 bridgehead atoms. The minimum Gasteiger partial charge on any atom is -0.357 e. The largest absolute Gasteiger partial charge is 0.357 e. The summed E-state index contributed by atoms with van der Waals surface area (Å²) in [6, 6.07) is 0. The van der Waals surface area contributed by atoms with Gasteiger partial charge in [0, 0.05) is 64.8 Å². The van der Waals surface area contributed by atoms with Crippen molar-refractivity contribution < 1.29 is 4.79 Å². The Labute approximate surface area is 170 Å². The van der Waals surface area contributed by atoms with Gasteiger partial charge in [-0.15, -0.1) is 24.0 Å². The van der Waals surface area contributed by atoms with Crippen LogP contribution in [-0.2, 0) is 11.2 Å². The highest BCUT2D eigenvalue weighted by molar-refractivity contribution is 14.0. The Bertz CT molecular complexity index is 570. The van der Waals surface area contributed by atoms with Crippen LogP contribution in [0.1, 0.15) is 19.7 Å². The highest BCUT2D eigenvalue weighted by Gasteiger charge is 2.22. The van der Waals surface area contributed by atoms with E-state index in [1.54, 1.807) is 19.0 Å². The molecule has 1 amide bonds. The fourth-order valence-electron chi connectivity index (χ4n) is 2.34. The Kier molecular flexibility index (Phi) is 9.39.